The van der Waals surface area contributed by atoms with E-state index < -0.39 is 0 Å². The van der Waals surface area contributed by atoms with Gasteiger partial charge in [0.2, 0.25) is 5.91 Å². The van der Waals surface area contributed by atoms with Crippen LogP contribution in [0.2, 0.25) is 0 Å². The number of likely N-dealkylation sites (tertiary alicyclic amines) is 1. The monoisotopic (exact) mass is 433 g/mol. The van der Waals surface area contributed by atoms with Crippen LogP contribution in [0.25, 0.3) is 11.0 Å². The van der Waals surface area contributed by atoms with Crippen molar-refractivity contribution in [2.75, 3.05) is 13.2 Å². The lowest BCUT2D eigenvalue weighted by molar-refractivity contribution is -0.131. The molecule has 0 bridgehead atoms. The van der Waals surface area contributed by atoms with Crippen LogP contribution in [0.3, 0.4) is 0 Å². The number of fused-ring (bicyclic) bond motifs is 1. The van der Waals surface area contributed by atoms with Gasteiger partial charge in [0.25, 0.3) is 0 Å². The van der Waals surface area contributed by atoms with Crippen LogP contribution in [0.15, 0.2) is 42.5 Å². The molecule has 5 heteroatoms. The first-order valence-corrected chi connectivity index (χ1v) is 11.7. The summed E-state index contributed by atoms with van der Waals surface area (Å²) in [5.74, 6) is 2.35. The Balaban J connectivity index is 1.44. The summed E-state index contributed by atoms with van der Waals surface area (Å²) in [5, 5.41) is 0. The molecule has 2 aromatic carbocycles. The minimum Gasteiger partial charge on any atom is -0.494 e. The maximum atomic E-state index is 12.7. The van der Waals surface area contributed by atoms with E-state index >= 15 is 0 Å². The summed E-state index contributed by atoms with van der Waals surface area (Å²) in [5.41, 5.74) is 4.54. The van der Waals surface area contributed by atoms with Gasteiger partial charge in [-0.05, 0) is 82.9 Å². The molecule has 5 nitrogen and oxygen atoms in total. The molecule has 1 unspecified atom stereocenters. The molecule has 1 aromatic heterocycles. The molecule has 0 N–H and O–H groups in total. The van der Waals surface area contributed by atoms with Gasteiger partial charge in [0, 0.05) is 31.0 Å². The second-order valence-corrected chi connectivity index (χ2v) is 9.99. The zero-order chi connectivity index (χ0) is 22.9. The van der Waals surface area contributed by atoms with E-state index in [1.807, 2.05) is 17.0 Å². The van der Waals surface area contributed by atoms with Gasteiger partial charge in [-0.1, -0.05) is 18.2 Å². The maximum Gasteiger partial charge on any atom is 0.223 e. The van der Waals surface area contributed by atoms with Crippen molar-refractivity contribution in [2.24, 2.45) is 0 Å². The average molecular weight is 434 g/mol. The summed E-state index contributed by atoms with van der Waals surface area (Å²) >= 11 is 0. The fourth-order valence-electron chi connectivity index (χ4n) is 4.54. The number of rotatable bonds is 7. The van der Waals surface area contributed by atoms with E-state index in [0.29, 0.717) is 13.0 Å². The summed E-state index contributed by atoms with van der Waals surface area (Å²) in [4.78, 5) is 19.6. The third-order valence-corrected chi connectivity index (χ3v) is 6.51. The Morgan fingerprint density at radius 1 is 1.06 bits per heavy atom. The van der Waals surface area contributed by atoms with Crippen molar-refractivity contribution in [3.63, 3.8) is 0 Å². The number of para-hydroxylation sites is 2. The van der Waals surface area contributed by atoms with Crippen molar-refractivity contribution in [3.8, 4) is 5.75 Å². The molecule has 0 saturated carbocycles. The van der Waals surface area contributed by atoms with Crippen molar-refractivity contribution >= 4 is 16.9 Å². The number of hydrogen-bond acceptors (Lipinski definition) is 3. The number of imidazole rings is 1. The quantitative estimate of drug-likeness (QED) is 0.454. The lowest BCUT2D eigenvalue weighted by Crippen LogP contribution is -2.42. The number of ether oxygens (including phenoxy) is 1. The van der Waals surface area contributed by atoms with Gasteiger partial charge in [0.15, 0.2) is 0 Å². The zero-order valence-corrected chi connectivity index (χ0v) is 20.0. The standard InChI is InChI=1S/C27H35N3O2/c1-19-12-13-22(16-20(19)2)32-15-9-8-14-29-24-11-7-6-10-23(24)28-26(29)21-17-25(31)30(18-21)27(3,4)5/h6-7,10-13,16,21H,8-9,14-15,17-18H2,1-5H3. The molecular weight excluding hydrogens is 398 g/mol. The molecule has 1 aliphatic rings. The Kier molecular flexibility index (Phi) is 6.27. The van der Waals surface area contributed by atoms with Crippen molar-refractivity contribution in [1.82, 2.24) is 14.5 Å². The van der Waals surface area contributed by atoms with E-state index in [4.69, 9.17) is 9.72 Å². The van der Waals surface area contributed by atoms with Gasteiger partial charge >= 0.3 is 0 Å². The maximum absolute atomic E-state index is 12.7. The fourth-order valence-corrected chi connectivity index (χ4v) is 4.54. The van der Waals surface area contributed by atoms with Crippen molar-refractivity contribution in [2.45, 2.75) is 71.9 Å². The van der Waals surface area contributed by atoms with Crippen LogP contribution < -0.4 is 4.74 Å². The molecule has 1 aliphatic heterocycles. The minimum absolute atomic E-state index is 0.140. The number of aryl methyl sites for hydroxylation is 3. The molecular formula is C27H35N3O2. The van der Waals surface area contributed by atoms with Crippen molar-refractivity contribution < 1.29 is 9.53 Å². The van der Waals surface area contributed by atoms with Gasteiger partial charge in [0.05, 0.1) is 17.6 Å². The summed E-state index contributed by atoms with van der Waals surface area (Å²) in [7, 11) is 0. The number of amides is 1. The second-order valence-electron chi connectivity index (χ2n) is 9.99. The van der Waals surface area contributed by atoms with Crippen LogP contribution in [0.1, 0.15) is 62.9 Å². The largest absolute Gasteiger partial charge is 0.494 e. The van der Waals surface area contributed by atoms with Gasteiger partial charge in [0.1, 0.15) is 11.6 Å². The highest BCUT2D eigenvalue weighted by Gasteiger charge is 2.38. The predicted molar refractivity (Wildman–Crippen MR) is 129 cm³/mol. The van der Waals surface area contributed by atoms with E-state index in [1.165, 1.54) is 11.1 Å². The van der Waals surface area contributed by atoms with Crippen LogP contribution in [-0.4, -0.2) is 39.0 Å². The smallest absolute Gasteiger partial charge is 0.223 e. The highest BCUT2D eigenvalue weighted by molar-refractivity contribution is 5.81. The fraction of sp³-hybridized carbons (Fsp3) is 0.481. The third-order valence-electron chi connectivity index (χ3n) is 6.51. The number of unbranched alkanes of at least 4 members (excludes halogenated alkanes) is 1. The molecule has 32 heavy (non-hydrogen) atoms. The molecule has 1 saturated heterocycles. The highest BCUT2D eigenvalue weighted by Crippen LogP contribution is 2.34. The van der Waals surface area contributed by atoms with Gasteiger partial charge < -0.3 is 14.2 Å². The Morgan fingerprint density at radius 3 is 2.56 bits per heavy atom. The van der Waals surface area contributed by atoms with E-state index in [-0.39, 0.29) is 17.4 Å². The Labute approximate surface area is 191 Å². The number of hydrogen-bond donors (Lipinski definition) is 0. The summed E-state index contributed by atoms with van der Waals surface area (Å²) in [6, 6.07) is 14.6. The predicted octanol–water partition coefficient (Wildman–Crippen LogP) is 5.63. The molecule has 170 valence electrons. The van der Waals surface area contributed by atoms with Gasteiger partial charge in [-0.25, -0.2) is 4.98 Å². The van der Waals surface area contributed by atoms with Crippen LogP contribution >= 0.6 is 0 Å². The summed E-state index contributed by atoms with van der Waals surface area (Å²) in [6.45, 7) is 12.9. The minimum atomic E-state index is -0.158. The molecule has 1 fully saturated rings. The number of carbonyl (C=O) groups is 1. The molecule has 0 spiro atoms. The van der Waals surface area contributed by atoms with Crippen LogP contribution in [0.5, 0.6) is 5.75 Å². The average Bonchev–Trinajstić information content (AvgIpc) is 3.31. The lowest BCUT2D eigenvalue weighted by Gasteiger charge is -2.32. The van der Waals surface area contributed by atoms with E-state index in [0.717, 1.165) is 48.5 Å². The zero-order valence-electron chi connectivity index (χ0n) is 20.0. The first kappa shape index (κ1) is 22.4. The number of carbonyl (C=O) groups excluding carboxylic acids is 1. The number of benzene rings is 2. The normalized spacial score (nSPS) is 16.8. The second kappa shape index (κ2) is 8.97. The topological polar surface area (TPSA) is 47.4 Å². The van der Waals surface area contributed by atoms with Crippen LogP contribution in [-0.2, 0) is 11.3 Å². The Morgan fingerprint density at radius 2 is 1.84 bits per heavy atom. The third kappa shape index (κ3) is 4.67. The first-order chi connectivity index (χ1) is 15.2. The van der Waals surface area contributed by atoms with E-state index in [1.54, 1.807) is 0 Å². The van der Waals surface area contributed by atoms with Crippen LogP contribution in [0.4, 0.5) is 0 Å². The highest BCUT2D eigenvalue weighted by atomic mass is 16.5. The number of nitrogens with zero attached hydrogens (tertiary/aromatic N) is 3. The molecule has 0 radical (unpaired) electrons. The molecule has 4 rings (SSSR count). The van der Waals surface area contributed by atoms with Gasteiger partial charge in [-0.2, -0.15) is 0 Å². The first-order valence-electron chi connectivity index (χ1n) is 11.7. The molecule has 2 heterocycles. The molecule has 3 aromatic rings. The lowest BCUT2D eigenvalue weighted by atomic mass is 10.1. The van der Waals surface area contributed by atoms with Gasteiger partial charge in [-0.3, -0.25) is 4.79 Å². The van der Waals surface area contributed by atoms with Crippen molar-refractivity contribution in [3.05, 3.63) is 59.4 Å². The Bertz CT molecular complexity index is 1110. The molecule has 1 atom stereocenters. The van der Waals surface area contributed by atoms with Crippen molar-refractivity contribution in [1.29, 1.82) is 0 Å². The SMILES string of the molecule is Cc1ccc(OCCCCn2c(C3CC(=O)N(C(C)(C)C)C3)nc3ccccc32)cc1C. The summed E-state index contributed by atoms with van der Waals surface area (Å²) in [6.07, 6.45) is 2.51. The van der Waals surface area contributed by atoms with E-state index in [9.17, 15) is 4.79 Å². The molecule has 0 aliphatic carbocycles. The molecule has 1 amide bonds. The van der Waals surface area contributed by atoms with E-state index in [2.05, 4.69) is 69.5 Å². The summed E-state index contributed by atoms with van der Waals surface area (Å²) < 4.78 is 8.30. The van der Waals surface area contributed by atoms with Crippen LogP contribution in [0, 0.1) is 13.8 Å². The Hall–Kier alpha value is -2.82. The van der Waals surface area contributed by atoms with Gasteiger partial charge in [-0.15, -0.1) is 0 Å². The number of aromatic nitrogens is 2.